The fraction of sp³-hybridized carbons (Fsp3) is 0.290. The number of halogens is 1. The van der Waals surface area contributed by atoms with Gasteiger partial charge in [0.15, 0.2) is 11.5 Å². The van der Waals surface area contributed by atoms with E-state index in [4.69, 9.17) is 30.6 Å². The van der Waals surface area contributed by atoms with Gasteiger partial charge in [-0.15, -0.1) is 0 Å². The zero-order chi connectivity index (χ0) is 28.4. The van der Waals surface area contributed by atoms with Crippen molar-refractivity contribution in [2.45, 2.75) is 13.0 Å². The van der Waals surface area contributed by atoms with Crippen molar-refractivity contribution in [2.24, 2.45) is 0 Å². The SMILES string of the molecule is C=C(NOCc1ccc(Cl)cc1)c1ccc(Nc2ncnc3cc(OC)c(OCCCN4CCOCC4)cc23)cc1. The number of fused-ring (bicyclic) bond motifs is 1. The zero-order valence-electron chi connectivity index (χ0n) is 23.1. The minimum absolute atomic E-state index is 0.390. The molecule has 0 atom stereocenters. The molecule has 0 amide bonds. The number of nitrogens with one attached hydrogen (secondary N) is 2. The molecule has 1 saturated heterocycles. The highest BCUT2D eigenvalue weighted by molar-refractivity contribution is 6.30. The summed E-state index contributed by atoms with van der Waals surface area (Å²) in [5.41, 5.74) is 7.09. The Hall–Kier alpha value is -3.89. The van der Waals surface area contributed by atoms with Gasteiger partial charge in [-0.2, -0.15) is 0 Å². The number of morpholine rings is 1. The Kier molecular flexibility index (Phi) is 9.87. The van der Waals surface area contributed by atoms with Gasteiger partial charge in [0.05, 0.1) is 44.8 Å². The summed E-state index contributed by atoms with van der Waals surface area (Å²) in [4.78, 5) is 16.9. The van der Waals surface area contributed by atoms with Gasteiger partial charge in [0, 0.05) is 41.8 Å². The monoisotopic (exact) mass is 575 g/mol. The molecule has 1 aromatic heterocycles. The second kappa shape index (κ2) is 14.1. The van der Waals surface area contributed by atoms with Crippen molar-refractivity contribution in [1.82, 2.24) is 20.3 Å². The van der Waals surface area contributed by atoms with Crippen LogP contribution in [0.25, 0.3) is 16.6 Å². The van der Waals surface area contributed by atoms with Crippen molar-refractivity contribution in [1.29, 1.82) is 0 Å². The van der Waals surface area contributed by atoms with Crippen molar-refractivity contribution in [3.8, 4) is 11.5 Å². The molecule has 1 aliphatic rings. The third-order valence-electron chi connectivity index (χ3n) is 6.74. The average Bonchev–Trinajstić information content (AvgIpc) is 3.01. The van der Waals surface area contributed by atoms with Gasteiger partial charge in [0.1, 0.15) is 12.1 Å². The number of ether oxygens (including phenoxy) is 3. The number of aromatic nitrogens is 2. The van der Waals surface area contributed by atoms with Crippen LogP contribution in [0.1, 0.15) is 17.5 Å². The zero-order valence-corrected chi connectivity index (χ0v) is 23.8. The smallest absolute Gasteiger partial charge is 0.162 e. The molecule has 0 saturated carbocycles. The van der Waals surface area contributed by atoms with E-state index in [1.54, 1.807) is 7.11 Å². The lowest BCUT2D eigenvalue weighted by molar-refractivity contribution is 0.0357. The molecular weight excluding hydrogens is 542 g/mol. The lowest BCUT2D eigenvalue weighted by Crippen LogP contribution is -2.37. The topological polar surface area (TPSA) is 90.0 Å². The Bertz CT molecular complexity index is 1440. The Morgan fingerprint density at radius 3 is 2.56 bits per heavy atom. The lowest BCUT2D eigenvalue weighted by atomic mass is 10.1. The molecular formula is C31H34ClN5O4. The van der Waals surface area contributed by atoms with Crippen LogP contribution >= 0.6 is 11.6 Å². The lowest BCUT2D eigenvalue weighted by Gasteiger charge is -2.26. The van der Waals surface area contributed by atoms with Crippen molar-refractivity contribution >= 4 is 39.7 Å². The fourth-order valence-electron chi connectivity index (χ4n) is 4.47. The predicted octanol–water partition coefficient (Wildman–Crippen LogP) is 5.83. The first kappa shape index (κ1) is 28.6. The van der Waals surface area contributed by atoms with Crippen molar-refractivity contribution in [3.05, 3.63) is 89.7 Å². The summed E-state index contributed by atoms with van der Waals surface area (Å²) in [6, 6.07) is 19.1. The summed E-state index contributed by atoms with van der Waals surface area (Å²) >= 11 is 5.94. The van der Waals surface area contributed by atoms with E-state index in [-0.39, 0.29) is 0 Å². The van der Waals surface area contributed by atoms with Gasteiger partial charge in [0.2, 0.25) is 0 Å². The fourth-order valence-corrected chi connectivity index (χ4v) is 4.59. The molecule has 0 unspecified atom stereocenters. The van der Waals surface area contributed by atoms with Gasteiger partial charge < -0.3 is 19.5 Å². The summed E-state index contributed by atoms with van der Waals surface area (Å²) in [6.45, 7) is 9.55. The van der Waals surface area contributed by atoms with Crippen molar-refractivity contribution in [3.63, 3.8) is 0 Å². The van der Waals surface area contributed by atoms with Crippen LogP contribution in [-0.2, 0) is 16.2 Å². The minimum atomic E-state index is 0.390. The first-order chi connectivity index (χ1) is 20.1. The third-order valence-corrected chi connectivity index (χ3v) is 7.00. The molecule has 2 N–H and O–H groups in total. The van der Waals surface area contributed by atoms with Gasteiger partial charge in [-0.3, -0.25) is 15.2 Å². The molecule has 2 heterocycles. The molecule has 214 valence electrons. The highest BCUT2D eigenvalue weighted by Gasteiger charge is 2.14. The van der Waals surface area contributed by atoms with E-state index < -0.39 is 0 Å². The summed E-state index contributed by atoms with van der Waals surface area (Å²) < 4.78 is 17.2. The Morgan fingerprint density at radius 2 is 1.80 bits per heavy atom. The number of nitrogens with zero attached hydrogens (tertiary/aromatic N) is 3. The van der Waals surface area contributed by atoms with Gasteiger partial charge in [-0.25, -0.2) is 9.97 Å². The van der Waals surface area contributed by atoms with E-state index in [2.05, 4.69) is 32.2 Å². The van der Waals surface area contributed by atoms with Gasteiger partial charge in [-0.05, 0) is 47.9 Å². The van der Waals surface area contributed by atoms with Crippen LogP contribution in [0.2, 0.25) is 5.02 Å². The Balaban J connectivity index is 1.20. The van der Waals surface area contributed by atoms with Gasteiger partial charge in [0.25, 0.3) is 0 Å². The quantitative estimate of drug-likeness (QED) is 0.151. The second-order valence-corrected chi connectivity index (χ2v) is 10.0. The number of hydroxylamine groups is 1. The maximum Gasteiger partial charge on any atom is 0.162 e. The number of methoxy groups -OCH3 is 1. The third kappa shape index (κ3) is 7.86. The molecule has 1 aliphatic heterocycles. The predicted molar refractivity (Wildman–Crippen MR) is 162 cm³/mol. The van der Waals surface area contributed by atoms with Gasteiger partial charge >= 0.3 is 0 Å². The summed E-state index contributed by atoms with van der Waals surface area (Å²) in [5, 5.41) is 4.93. The van der Waals surface area contributed by atoms with Crippen LogP contribution in [0, 0.1) is 0 Å². The van der Waals surface area contributed by atoms with Gasteiger partial charge in [-0.1, -0.05) is 42.4 Å². The molecule has 4 aromatic rings. The molecule has 9 nitrogen and oxygen atoms in total. The first-order valence-corrected chi connectivity index (χ1v) is 13.9. The second-order valence-electron chi connectivity index (χ2n) is 9.60. The average molecular weight is 576 g/mol. The summed E-state index contributed by atoms with van der Waals surface area (Å²) in [5.74, 6) is 1.98. The van der Waals surface area contributed by atoms with E-state index in [1.165, 1.54) is 6.33 Å². The largest absolute Gasteiger partial charge is 0.493 e. The molecule has 0 bridgehead atoms. The number of hydrogen-bond donors (Lipinski definition) is 2. The molecule has 0 aliphatic carbocycles. The molecule has 41 heavy (non-hydrogen) atoms. The van der Waals surface area contributed by atoms with Crippen LogP contribution in [0.5, 0.6) is 11.5 Å². The molecule has 0 radical (unpaired) electrons. The van der Waals surface area contributed by atoms with Crippen molar-refractivity contribution in [2.75, 3.05) is 51.9 Å². The van der Waals surface area contributed by atoms with Crippen LogP contribution in [0.3, 0.4) is 0 Å². The van der Waals surface area contributed by atoms with Crippen molar-refractivity contribution < 1.29 is 19.0 Å². The summed E-state index contributed by atoms with van der Waals surface area (Å²) in [7, 11) is 1.63. The molecule has 5 rings (SSSR count). The maximum absolute atomic E-state index is 6.14. The van der Waals surface area contributed by atoms with E-state index in [0.29, 0.717) is 41.3 Å². The maximum atomic E-state index is 6.14. The number of hydrogen-bond acceptors (Lipinski definition) is 9. The number of rotatable bonds is 13. The van der Waals surface area contributed by atoms with Crippen LogP contribution < -0.4 is 20.3 Å². The van der Waals surface area contributed by atoms with Crippen LogP contribution in [-0.4, -0.2) is 61.4 Å². The normalized spacial score (nSPS) is 13.6. The highest BCUT2D eigenvalue weighted by atomic mass is 35.5. The molecule has 3 aromatic carbocycles. The molecule has 0 spiro atoms. The first-order valence-electron chi connectivity index (χ1n) is 13.5. The number of anilines is 2. The van der Waals surface area contributed by atoms with E-state index in [0.717, 1.165) is 67.0 Å². The Labute approximate surface area is 245 Å². The number of benzene rings is 3. The Morgan fingerprint density at radius 1 is 1.02 bits per heavy atom. The van der Waals surface area contributed by atoms with E-state index in [1.807, 2.05) is 60.7 Å². The summed E-state index contributed by atoms with van der Waals surface area (Å²) in [6.07, 6.45) is 2.45. The molecule has 10 heteroatoms. The highest BCUT2D eigenvalue weighted by Crippen LogP contribution is 2.35. The van der Waals surface area contributed by atoms with E-state index >= 15 is 0 Å². The minimum Gasteiger partial charge on any atom is -0.493 e. The standard InChI is InChI=1S/C31H34ClN5O4/c1-22(36-41-20-23-4-8-25(32)9-5-23)24-6-10-26(11-7-24)35-31-27-18-30(29(38-2)19-28(27)33-21-34-31)40-15-3-12-37-13-16-39-17-14-37/h4-11,18-19,21,36H,1,3,12-17,20H2,2H3,(H,33,34,35). The van der Waals surface area contributed by atoms with Crippen LogP contribution in [0.15, 0.2) is 73.6 Å². The van der Waals surface area contributed by atoms with Crippen LogP contribution in [0.4, 0.5) is 11.5 Å². The molecule has 1 fully saturated rings. The van der Waals surface area contributed by atoms with E-state index in [9.17, 15) is 0 Å².